The van der Waals surface area contributed by atoms with Crippen molar-refractivity contribution in [3.63, 3.8) is 0 Å². The van der Waals surface area contributed by atoms with Crippen LogP contribution in [0, 0.1) is 10.1 Å². The Kier molecular flexibility index (Phi) is 6.57. The first kappa shape index (κ1) is 16.9. The van der Waals surface area contributed by atoms with Crippen molar-refractivity contribution in [3.05, 3.63) is 28.3 Å². The topological polar surface area (TPSA) is 117 Å². The minimum Gasteiger partial charge on any atom is -0.494 e. The smallest absolute Gasteiger partial charge is 0.273 e. The van der Waals surface area contributed by atoms with Gasteiger partial charge in [-0.15, -0.1) is 0 Å². The van der Waals surface area contributed by atoms with Crippen LogP contribution >= 0.6 is 0 Å². The Balaban J connectivity index is 2.73. The first-order valence-corrected chi connectivity index (χ1v) is 6.37. The van der Waals surface area contributed by atoms with E-state index in [1.54, 1.807) is 7.11 Å². The molecular formula is C13H19N3O5. The van der Waals surface area contributed by atoms with E-state index in [0.29, 0.717) is 25.1 Å². The van der Waals surface area contributed by atoms with Gasteiger partial charge in [-0.2, -0.15) is 0 Å². The van der Waals surface area contributed by atoms with Crippen molar-refractivity contribution < 1.29 is 19.2 Å². The summed E-state index contributed by atoms with van der Waals surface area (Å²) in [5.41, 5.74) is 5.99. The molecule has 0 heterocycles. The van der Waals surface area contributed by atoms with E-state index >= 15 is 0 Å². The summed E-state index contributed by atoms with van der Waals surface area (Å²) in [4.78, 5) is 22.1. The van der Waals surface area contributed by atoms with E-state index in [9.17, 15) is 14.9 Å². The van der Waals surface area contributed by atoms with Gasteiger partial charge in [0.1, 0.15) is 5.75 Å². The van der Waals surface area contributed by atoms with Crippen LogP contribution in [0.1, 0.15) is 12.8 Å². The average molecular weight is 297 g/mol. The third-order valence-corrected chi connectivity index (χ3v) is 2.85. The van der Waals surface area contributed by atoms with Gasteiger partial charge in [-0.25, -0.2) is 0 Å². The number of hydrogen-bond donors (Lipinski definition) is 2. The molecule has 1 rings (SSSR count). The zero-order valence-electron chi connectivity index (χ0n) is 12.0. The zero-order valence-corrected chi connectivity index (χ0v) is 12.0. The van der Waals surface area contributed by atoms with Gasteiger partial charge in [0, 0.05) is 19.8 Å². The van der Waals surface area contributed by atoms with Crippen LogP contribution in [0.4, 0.5) is 11.4 Å². The molecule has 0 radical (unpaired) electrons. The highest BCUT2D eigenvalue weighted by Gasteiger charge is 2.17. The first-order chi connectivity index (χ1) is 9.99. The first-order valence-electron chi connectivity index (χ1n) is 6.37. The van der Waals surface area contributed by atoms with E-state index in [0.717, 1.165) is 0 Å². The predicted octanol–water partition coefficient (Wildman–Crippen LogP) is 1.30. The number of anilines is 1. The van der Waals surface area contributed by atoms with Gasteiger partial charge in [0.05, 0.1) is 29.8 Å². The Labute approximate surface area is 122 Å². The number of amides is 1. The maximum atomic E-state index is 11.9. The Bertz CT molecular complexity index is 507. The summed E-state index contributed by atoms with van der Waals surface area (Å²) < 4.78 is 9.93. The molecule has 116 valence electrons. The van der Waals surface area contributed by atoms with Gasteiger partial charge in [-0.05, 0) is 18.9 Å². The zero-order chi connectivity index (χ0) is 15.8. The lowest BCUT2D eigenvalue weighted by atomic mass is 10.1. The fraction of sp³-hybridized carbons (Fsp3) is 0.462. The minimum absolute atomic E-state index is 0.116. The Hall–Kier alpha value is -2.19. The molecule has 21 heavy (non-hydrogen) atoms. The summed E-state index contributed by atoms with van der Waals surface area (Å²) in [6, 6.07) is 3.26. The van der Waals surface area contributed by atoms with Crippen molar-refractivity contribution in [1.29, 1.82) is 0 Å². The molecule has 0 aliphatic carbocycles. The third-order valence-electron chi connectivity index (χ3n) is 2.85. The standard InChI is InChI=1S/C13H19N3O5/c1-20-7-3-4-10(14)13(17)15-11-6-5-9(16(18)19)8-12(11)21-2/h5-6,8,10H,3-4,7,14H2,1-2H3,(H,15,17). The second-order valence-corrected chi connectivity index (χ2v) is 4.37. The number of carbonyl (C=O) groups excluding carboxylic acids is 1. The van der Waals surface area contributed by atoms with E-state index < -0.39 is 11.0 Å². The lowest BCUT2D eigenvalue weighted by Crippen LogP contribution is -2.35. The second-order valence-electron chi connectivity index (χ2n) is 4.37. The van der Waals surface area contributed by atoms with E-state index in [-0.39, 0.29) is 17.3 Å². The van der Waals surface area contributed by atoms with Crippen LogP contribution in [0.2, 0.25) is 0 Å². The molecule has 0 saturated heterocycles. The average Bonchev–Trinajstić information content (AvgIpc) is 2.47. The number of nitrogens with two attached hydrogens (primary N) is 1. The van der Waals surface area contributed by atoms with Crippen LogP contribution in [0.25, 0.3) is 0 Å². The number of methoxy groups -OCH3 is 2. The monoisotopic (exact) mass is 297 g/mol. The molecule has 0 fully saturated rings. The molecule has 1 unspecified atom stereocenters. The SMILES string of the molecule is COCCCC(N)C(=O)Nc1ccc([N+](=O)[O-])cc1OC. The molecule has 0 aliphatic heterocycles. The highest BCUT2D eigenvalue weighted by atomic mass is 16.6. The summed E-state index contributed by atoms with van der Waals surface area (Å²) in [6.07, 6.45) is 1.15. The molecule has 8 nitrogen and oxygen atoms in total. The number of hydrogen-bond acceptors (Lipinski definition) is 6. The van der Waals surface area contributed by atoms with Gasteiger partial charge in [0.15, 0.2) is 0 Å². The van der Waals surface area contributed by atoms with Crippen molar-refractivity contribution in [2.75, 3.05) is 26.1 Å². The molecule has 3 N–H and O–H groups in total. The van der Waals surface area contributed by atoms with Crippen molar-refractivity contribution in [3.8, 4) is 5.75 Å². The van der Waals surface area contributed by atoms with Gasteiger partial charge >= 0.3 is 0 Å². The van der Waals surface area contributed by atoms with Crippen molar-refractivity contribution in [2.24, 2.45) is 5.73 Å². The maximum absolute atomic E-state index is 11.9. The number of carbonyl (C=O) groups is 1. The molecule has 1 atom stereocenters. The van der Waals surface area contributed by atoms with Gasteiger partial charge in [0.25, 0.3) is 5.69 Å². The van der Waals surface area contributed by atoms with Gasteiger partial charge in [-0.3, -0.25) is 14.9 Å². The quantitative estimate of drug-likeness (QED) is 0.424. The van der Waals surface area contributed by atoms with Crippen molar-refractivity contribution in [2.45, 2.75) is 18.9 Å². The molecule has 0 aliphatic rings. The van der Waals surface area contributed by atoms with Crippen LogP contribution < -0.4 is 15.8 Å². The Morgan fingerprint density at radius 1 is 1.48 bits per heavy atom. The number of benzene rings is 1. The van der Waals surface area contributed by atoms with E-state index in [1.807, 2.05) is 0 Å². The van der Waals surface area contributed by atoms with E-state index in [1.165, 1.54) is 25.3 Å². The molecular weight excluding hydrogens is 278 g/mol. The molecule has 0 aromatic heterocycles. The Morgan fingerprint density at radius 3 is 2.76 bits per heavy atom. The summed E-state index contributed by atoms with van der Waals surface area (Å²) >= 11 is 0. The second kappa shape index (κ2) is 8.18. The summed E-state index contributed by atoms with van der Waals surface area (Å²) in [5, 5.41) is 13.3. The molecule has 0 saturated carbocycles. The number of nitrogens with one attached hydrogen (secondary N) is 1. The number of nitro groups is 1. The highest BCUT2D eigenvalue weighted by Crippen LogP contribution is 2.29. The van der Waals surface area contributed by atoms with Crippen LogP contribution in [-0.4, -0.2) is 37.7 Å². The number of rotatable bonds is 8. The van der Waals surface area contributed by atoms with Crippen LogP contribution in [-0.2, 0) is 9.53 Å². The molecule has 1 aromatic carbocycles. The predicted molar refractivity (Wildman–Crippen MR) is 77.4 cm³/mol. The largest absolute Gasteiger partial charge is 0.494 e. The summed E-state index contributed by atoms with van der Waals surface area (Å²) in [6.45, 7) is 0.530. The van der Waals surface area contributed by atoms with Gasteiger partial charge < -0.3 is 20.5 Å². The lowest BCUT2D eigenvalue weighted by molar-refractivity contribution is -0.384. The molecule has 8 heteroatoms. The summed E-state index contributed by atoms with van der Waals surface area (Å²) in [5.74, 6) is -0.167. The van der Waals surface area contributed by atoms with Gasteiger partial charge in [-0.1, -0.05) is 0 Å². The highest BCUT2D eigenvalue weighted by molar-refractivity contribution is 5.96. The van der Waals surface area contributed by atoms with Crippen molar-refractivity contribution >= 4 is 17.3 Å². The number of non-ortho nitro benzene ring substituents is 1. The van der Waals surface area contributed by atoms with Crippen LogP contribution in [0.15, 0.2) is 18.2 Å². The van der Waals surface area contributed by atoms with E-state index in [2.05, 4.69) is 5.32 Å². The Morgan fingerprint density at radius 2 is 2.19 bits per heavy atom. The molecule has 0 bridgehead atoms. The fourth-order valence-corrected chi connectivity index (χ4v) is 1.70. The number of nitrogens with zero attached hydrogens (tertiary/aromatic N) is 1. The number of nitro benzene ring substituents is 1. The van der Waals surface area contributed by atoms with E-state index in [4.69, 9.17) is 15.2 Å². The fourth-order valence-electron chi connectivity index (χ4n) is 1.70. The molecule has 0 spiro atoms. The maximum Gasteiger partial charge on any atom is 0.273 e. The van der Waals surface area contributed by atoms with Gasteiger partial charge in [0.2, 0.25) is 5.91 Å². The van der Waals surface area contributed by atoms with Crippen molar-refractivity contribution in [1.82, 2.24) is 0 Å². The molecule has 1 amide bonds. The van der Waals surface area contributed by atoms with Crippen LogP contribution in [0.5, 0.6) is 5.75 Å². The third kappa shape index (κ3) is 5.01. The normalized spacial score (nSPS) is 11.8. The lowest BCUT2D eigenvalue weighted by Gasteiger charge is -2.14. The van der Waals surface area contributed by atoms with Crippen LogP contribution in [0.3, 0.4) is 0 Å². The summed E-state index contributed by atoms with van der Waals surface area (Å²) in [7, 11) is 2.95. The minimum atomic E-state index is -0.681. The number of ether oxygens (including phenoxy) is 2. The molecule has 1 aromatic rings.